The van der Waals surface area contributed by atoms with Gasteiger partial charge < -0.3 is 44.9 Å². The van der Waals surface area contributed by atoms with Crippen molar-refractivity contribution in [3.8, 4) is 17.2 Å². The highest BCUT2D eigenvalue weighted by Crippen LogP contribution is 2.42. The van der Waals surface area contributed by atoms with Crippen molar-refractivity contribution in [2.24, 2.45) is 10.9 Å². The van der Waals surface area contributed by atoms with E-state index in [4.69, 9.17) is 14.2 Å². The molecular formula is C63H73N7O9. The fourth-order valence-corrected chi connectivity index (χ4v) is 11.3. The Kier molecular flexibility index (Phi) is 17.8. The van der Waals surface area contributed by atoms with Crippen molar-refractivity contribution in [1.29, 1.82) is 0 Å². The zero-order valence-corrected chi connectivity index (χ0v) is 46.3. The van der Waals surface area contributed by atoms with E-state index in [0.29, 0.717) is 78.4 Å². The molecule has 0 aliphatic carbocycles. The molecule has 4 aliphatic rings. The van der Waals surface area contributed by atoms with Crippen LogP contribution in [-0.4, -0.2) is 93.5 Å². The van der Waals surface area contributed by atoms with Crippen LogP contribution < -0.4 is 44.9 Å². The molecule has 16 heteroatoms. The van der Waals surface area contributed by atoms with Crippen LogP contribution >= 0.6 is 0 Å². The number of hydrogen-bond donors (Lipinski definition) is 3. The van der Waals surface area contributed by atoms with E-state index >= 15 is 0 Å². The molecule has 0 unspecified atom stereocenters. The lowest BCUT2D eigenvalue weighted by molar-refractivity contribution is -0.129. The second-order valence-corrected chi connectivity index (χ2v) is 21.4. The molecule has 0 spiro atoms. The second-order valence-electron chi connectivity index (χ2n) is 21.4. The zero-order chi connectivity index (χ0) is 55.7. The number of rotatable bonds is 23. The number of benzene rings is 5. The predicted molar refractivity (Wildman–Crippen MR) is 307 cm³/mol. The van der Waals surface area contributed by atoms with E-state index in [2.05, 4.69) is 38.0 Å². The molecule has 16 nitrogen and oxygen atoms in total. The summed E-state index contributed by atoms with van der Waals surface area (Å²) in [4.78, 5) is 90.9. The van der Waals surface area contributed by atoms with Crippen LogP contribution in [0.1, 0.15) is 126 Å². The molecule has 5 aromatic carbocycles. The monoisotopic (exact) mass is 1070 g/mol. The van der Waals surface area contributed by atoms with E-state index in [1.807, 2.05) is 103 Å². The number of unbranched alkanes of at least 4 members (excludes halogenated alkanes) is 2. The number of methoxy groups -OCH3 is 1. The van der Waals surface area contributed by atoms with Gasteiger partial charge in [0.2, 0.25) is 17.7 Å². The van der Waals surface area contributed by atoms with Gasteiger partial charge in [-0.1, -0.05) is 43.3 Å². The van der Waals surface area contributed by atoms with Crippen LogP contribution in [0.5, 0.6) is 17.2 Å². The third-order valence-corrected chi connectivity index (χ3v) is 15.6. The van der Waals surface area contributed by atoms with Gasteiger partial charge in [-0.15, -0.1) is 0 Å². The van der Waals surface area contributed by atoms with Gasteiger partial charge in [0.1, 0.15) is 19.0 Å². The maximum Gasteiger partial charge on any atom is 0.260 e. The average molecular weight is 1070 g/mol. The lowest BCUT2D eigenvalue weighted by atomic mass is 9.99. The molecule has 0 fully saturated rings. The molecule has 4 heterocycles. The number of aryl methyl sites for hydroxylation is 2. The lowest BCUT2D eigenvalue weighted by Crippen LogP contribution is -2.41. The first-order valence-electron chi connectivity index (χ1n) is 27.8. The first-order chi connectivity index (χ1) is 38.2. The Balaban J connectivity index is 0.874. The van der Waals surface area contributed by atoms with E-state index in [0.717, 1.165) is 72.4 Å². The Labute approximate surface area is 463 Å². The Morgan fingerprint density at radius 3 is 2.06 bits per heavy atom. The molecule has 3 N–H and O–H groups in total. The van der Waals surface area contributed by atoms with Crippen LogP contribution in [0.2, 0.25) is 0 Å². The summed E-state index contributed by atoms with van der Waals surface area (Å²) in [6, 6.07) is 28.5. The summed E-state index contributed by atoms with van der Waals surface area (Å²) < 4.78 is 19.0. The van der Waals surface area contributed by atoms with Crippen molar-refractivity contribution in [3.63, 3.8) is 0 Å². The summed E-state index contributed by atoms with van der Waals surface area (Å²) in [6.45, 7) is 9.26. The second kappa shape index (κ2) is 25.2. The number of carbonyl (C=O) groups is 6. The highest BCUT2D eigenvalue weighted by atomic mass is 16.5. The number of likely N-dealkylation sites (N-methyl/N-ethyl adjacent to an activating group) is 1. The van der Waals surface area contributed by atoms with Crippen LogP contribution in [0, 0.1) is 12.8 Å². The summed E-state index contributed by atoms with van der Waals surface area (Å²) in [5.41, 5.74) is 9.78. The first-order valence-corrected chi connectivity index (χ1v) is 27.8. The highest BCUT2D eigenvalue weighted by Gasteiger charge is 2.40. The van der Waals surface area contributed by atoms with Gasteiger partial charge in [-0.3, -0.25) is 33.8 Å². The standard InChI is InChI=1S/C63H73N7O9/c1-7-64-24-14-15-25-65-59(72)20-12-13-21-60(73)66-41(4)55(71)27-40(3)61(74)67-47-29-42(37-78-56-35-54-51(26-39(56)2)63(76)70-49(36-68(54)5)32-46-17-9-11-19-53(46)70)28-43(30-47)38-79-58-33-44-22-23-48-31-45-16-8-10-18-52(45)69(48)62(75)50(44)34-57(58)77-6/h7-11,16-19,26,28-30,33-35,40-41,48-49H,12-15,20-25,27,31-32,36-38H2,1-6H3,(H,65,72)(H,66,73)(H,67,74)/t40-,41+,48-,49+/m1/s1. The van der Waals surface area contributed by atoms with Crippen molar-refractivity contribution < 1.29 is 43.0 Å². The molecule has 0 bridgehead atoms. The maximum atomic E-state index is 14.2. The normalized spacial score (nSPS) is 16.8. The molecule has 0 saturated heterocycles. The molecule has 5 amide bonds. The smallest absolute Gasteiger partial charge is 0.260 e. The number of ketones is 1. The molecule has 4 aliphatic heterocycles. The van der Waals surface area contributed by atoms with Gasteiger partial charge >= 0.3 is 0 Å². The number of nitrogens with one attached hydrogen (secondary N) is 3. The van der Waals surface area contributed by atoms with Crippen molar-refractivity contribution in [3.05, 3.63) is 136 Å². The largest absolute Gasteiger partial charge is 0.493 e. The fourth-order valence-electron chi connectivity index (χ4n) is 11.3. The van der Waals surface area contributed by atoms with Crippen molar-refractivity contribution in [2.75, 3.05) is 53.8 Å². The maximum absolute atomic E-state index is 14.2. The Morgan fingerprint density at radius 1 is 0.722 bits per heavy atom. The van der Waals surface area contributed by atoms with Crippen LogP contribution in [-0.2, 0) is 51.7 Å². The molecule has 4 atom stereocenters. The average Bonchev–Trinajstić information content (AvgIpc) is 4.14. The van der Waals surface area contributed by atoms with E-state index in [1.54, 1.807) is 33.2 Å². The number of fused-ring (bicyclic) bond motifs is 8. The Hall–Kier alpha value is -8.01. The molecule has 9 rings (SSSR count). The number of carbonyl (C=O) groups excluding carboxylic acids is 6. The number of nitrogens with zero attached hydrogens (tertiary/aromatic N) is 4. The van der Waals surface area contributed by atoms with Gasteiger partial charge in [-0.25, -0.2) is 0 Å². The number of hydrogen-bond acceptors (Lipinski definition) is 11. The molecule has 79 heavy (non-hydrogen) atoms. The van der Waals surface area contributed by atoms with E-state index in [-0.39, 0.29) is 73.5 Å². The topological polar surface area (TPSA) is 188 Å². The molecule has 5 aromatic rings. The SMILES string of the molecule is CC=NCCCCNC(=O)CCCCC(=O)N[C@@H](C)C(=O)C[C@@H](C)C(=O)Nc1cc(COc2cc3c(cc2C)C(=O)N2c4ccccc4C[C@H]2CN3C)cc(COc2cc3c(cc2OC)C(=O)N2c4ccccc4C[C@H]2CC3)c1. The number of para-hydroxylation sites is 2. The van der Waals surface area contributed by atoms with E-state index in [1.165, 1.54) is 11.1 Å². The molecule has 0 saturated carbocycles. The fraction of sp³-hybridized carbons (Fsp3) is 0.413. The van der Waals surface area contributed by atoms with Crippen LogP contribution in [0.3, 0.4) is 0 Å². The highest BCUT2D eigenvalue weighted by molar-refractivity contribution is 6.12. The number of Topliss-reactive ketones (excluding diaryl/α,β-unsaturated/α-hetero) is 1. The first kappa shape index (κ1) is 55.7. The van der Waals surface area contributed by atoms with Gasteiger partial charge in [-0.05, 0) is 160 Å². The molecule has 414 valence electrons. The summed E-state index contributed by atoms with van der Waals surface area (Å²) in [7, 11) is 3.55. The minimum Gasteiger partial charge on any atom is -0.493 e. The Morgan fingerprint density at radius 2 is 1.37 bits per heavy atom. The molecular weight excluding hydrogens is 999 g/mol. The van der Waals surface area contributed by atoms with E-state index in [9.17, 15) is 28.8 Å². The van der Waals surface area contributed by atoms with E-state index < -0.39 is 12.0 Å². The van der Waals surface area contributed by atoms with Crippen molar-refractivity contribution in [2.45, 2.75) is 130 Å². The third kappa shape index (κ3) is 13.0. The third-order valence-electron chi connectivity index (χ3n) is 15.6. The minimum absolute atomic E-state index is 0.000431. The Bertz CT molecular complexity index is 3150. The number of ether oxygens (including phenoxy) is 3. The van der Waals surface area contributed by atoms with Crippen LogP contribution in [0.15, 0.2) is 96.0 Å². The number of anilines is 4. The quantitative estimate of drug-likeness (QED) is 0.0420. The predicted octanol–water partition coefficient (Wildman–Crippen LogP) is 9.29. The van der Waals surface area contributed by atoms with Gasteiger partial charge in [0.25, 0.3) is 11.8 Å². The van der Waals surface area contributed by atoms with Gasteiger partial charge in [0, 0.05) is 86.6 Å². The summed E-state index contributed by atoms with van der Waals surface area (Å²) >= 11 is 0. The van der Waals surface area contributed by atoms with Crippen LogP contribution in [0.25, 0.3) is 0 Å². The summed E-state index contributed by atoms with van der Waals surface area (Å²) in [5, 5.41) is 8.70. The molecule has 0 radical (unpaired) electrons. The molecule has 0 aromatic heterocycles. The van der Waals surface area contributed by atoms with Crippen LogP contribution in [0.4, 0.5) is 22.7 Å². The number of amides is 5. The number of aliphatic imine (C=N–C) groups is 1. The van der Waals surface area contributed by atoms with Crippen molar-refractivity contribution in [1.82, 2.24) is 10.6 Å². The van der Waals surface area contributed by atoms with Gasteiger partial charge in [0.05, 0.1) is 30.4 Å². The zero-order valence-electron chi connectivity index (χ0n) is 46.3. The van der Waals surface area contributed by atoms with Gasteiger partial charge in [0.15, 0.2) is 17.3 Å². The van der Waals surface area contributed by atoms with Gasteiger partial charge in [-0.2, -0.15) is 0 Å². The summed E-state index contributed by atoms with van der Waals surface area (Å²) in [6.07, 6.45) is 8.02. The van der Waals surface area contributed by atoms with Crippen molar-refractivity contribution >= 4 is 64.3 Å². The summed E-state index contributed by atoms with van der Waals surface area (Å²) in [5.74, 6) is -0.359. The lowest BCUT2D eigenvalue weighted by Gasteiger charge is -2.25. The minimum atomic E-state index is -0.813.